The maximum Gasteiger partial charge on any atom is 0.0430 e. The Balaban J connectivity index is 1.06. The minimum absolute atomic E-state index is 0.0166. The Morgan fingerprint density at radius 1 is 0.518 bits per heavy atom. The molecule has 1 heteroatoms. The average molecular weight is 733 g/mol. The Hall–Kier alpha value is -6.02. The molecule has 0 N–H and O–H groups in total. The van der Waals surface area contributed by atoms with Gasteiger partial charge in [0.25, 0.3) is 0 Å². The molecule has 0 amide bonds. The van der Waals surface area contributed by atoms with Crippen molar-refractivity contribution in [1.29, 1.82) is 0 Å². The van der Waals surface area contributed by atoms with Crippen LogP contribution in [0.1, 0.15) is 60.4 Å². The predicted octanol–water partition coefficient (Wildman–Crippen LogP) is 13.6. The molecule has 56 heavy (non-hydrogen) atoms. The third kappa shape index (κ3) is 4.52. The molecule has 2 atom stereocenters. The summed E-state index contributed by atoms with van der Waals surface area (Å²) in [5.74, 6) is 0.650. The van der Waals surface area contributed by atoms with E-state index in [1.807, 2.05) is 11.3 Å². The Kier molecular flexibility index (Phi) is 6.90. The number of allylic oxidation sites excluding steroid dienone is 1. The first kappa shape index (κ1) is 32.2. The maximum absolute atomic E-state index is 2.58. The fourth-order valence-corrected chi connectivity index (χ4v) is 12.2. The van der Waals surface area contributed by atoms with Crippen molar-refractivity contribution in [2.45, 2.75) is 38.0 Å². The van der Waals surface area contributed by atoms with Crippen molar-refractivity contribution in [3.63, 3.8) is 0 Å². The highest BCUT2D eigenvalue weighted by molar-refractivity contribution is 7.26. The molecule has 2 unspecified atom stereocenters. The third-order valence-corrected chi connectivity index (χ3v) is 14.6. The molecule has 1 aromatic heterocycles. The SMILES string of the molecule is CC1(C)c2ccccc2C2c3ccc4c(sc5ccccc54)c3C=C(c3ccc(-c4c5c(c(-c6ccc7ccccc7c6)c6ccccc46)=CCCC=5)cc3)C21. The lowest BCUT2D eigenvalue weighted by molar-refractivity contribution is 0.403. The predicted molar refractivity (Wildman–Crippen MR) is 242 cm³/mol. The summed E-state index contributed by atoms with van der Waals surface area (Å²) in [7, 11) is 0. The van der Waals surface area contributed by atoms with Crippen molar-refractivity contribution in [1.82, 2.24) is 0 Å². The number of hydrogen-bond donors (Lipinski definition) is 0. The summed E-state index contributed by atoms with van der Waals surface area (Å²) in [6.45, 7) is 4.95. The molecular formula is C55H40S. The number of fused-ring (bicyclic) bond motifs is 12. The van der Waals surface area contributed by atoms with E-state index in [9.17, 15) is 0 Å². The molecule has 0 saturated carbocycles. The van der Waals surface area contributed by atoms with Gasteiger partial charge in [0.2, 0.25) is 0 Å². The van der Waals surface area contributed by atoms with Gasteiger partial charge in [-0.2, -0.15) is 0 Å². The first-order chi connectivity index (χ1) is 27.5. The van der Waals surface area contributed by atoms with Gasteiger partial charge in [-0.15, -0.1) is 11.3 Å². The van der Waals surface area contributed by atoms with Crippen molar-refractivity contribution >= 4 is 76.9 Å². The largest absolute Gasteiger partial charge is 0.135 e. The number of hydrogen-bond acceptors (Lipinski definition) is 1. The van der Waals surface area contributed by atoms with E-state index >= 15 is 0 Å². The molecule has 0 spiro atoms. The summed E-state index contributed by atoms with van der Waals surface area (Å²) < 4.78 is 2.77. The van der Waals surface area contributed by atoms with Crippen molar-refractivity contribution in [2.75, 3.05) is 0 Å². The van der Waals surface area contributed by atoms with Gasteiger partial charge in [-0.25, -0.2) is 0 Å². The van der Waals surface area contributed by atoms with Gasteiger partial charge in [-0.3, -0.25) is 0 Å². The van der Waals surface area contributed by atoms with Crippen LogP contribution in [0, 0.1) is 5.92 Å². The molecule has 0 radical (unpaired) electrons. The third-order valence-electron chi connectivity index (χ3n) is 13.4. The monoisotopic (exact) mass is 732 g/mol. The van der Waals surface area contributed by atoms with Crippen LogP contribution in [0.5, 0.6) is 0 Å². The van der Waals surface area contributed by atoms with Gasteiger partial charge in [0.15, 0.2) is 0 Å². The zero-order valence-electron chi connectivity index (χ0n) is 31.6. The smallest absolute Gasteiger partial charge is 0.0430 e. The van der Waals surface area contributed by atoms with Crippen LogP contribution in [0.15, 0.2) is 152 Å². The lowest BCUT2D eigenvalue weighted by Crippen LogP contribution is -2.31. The summed E-state index contributed by atoms with van der Waals surface area (Å²) in [5.41, 5.74) is 13.9. The molecule has 1 heterocycles. The lowest BCUT2D eigenvalue weighted by Gasteiger charge is -2.38. The zero-order valence-corrected chi connectivity index (χ0v) is 32.5. The fourth-order valence-electron chi connectivity index (χ4n) is 10.9. The van der Waals surface area contributed by atoms with E-state index in [1.165, 1.54) is 108 Å². The Labute approximate surface area is 331 Å². The first-order valence-corrected chi connectivity index (χ1v) is 21.0. The Bertz CT molecular complexity index is 3280. The highest BCUT2D eigenvalue weighted by atomic mass is 32.1. The Morgan fingerprint density at radius 2 is 1.14 bits per heavy atom. The Morgan fingerprint density at radius 3 is 1.93 bits per heavy atom. The molecule has 3 aliphatic carbocycles. The quantitative estimate of drug-likeness (QED) is 0.170. The molecule has 9 aromatic rings. The topological polar surface area (TPSA) is 0 Å². The number of rotatable bonds is 3. The van der Waals surface area contributed by atoms with E-state index in [2.05, 4.69) is 184 Å². The molecule has 0 nitrogen and oxygen atoms in total. The van der Waals surface area contributed by atoms with Gasteiger partial charge in [0.1, 0.15) is 0 Å². The van der Waals surface area contributed by atoms with E-state index < -0.39 is 0 Å². The van der Waals surface area contributed by atoms with Gasteiger partial charge < -0.3 is 0 Å². The van der Waals surface area contributed by atoms with Gasteiger partial charge >= 0.3 is 0 Å². The van der Waals surface area contributed by atoms with Crippen LogP contribution in [0.25, 0.3) is 87.8 Å². The molecule has 3 aliphatic rings. The second-order valence-electron chi connectivity index (χ2n) is 16.7. The number of thiophene rings is 1. The van der Waals surface area contributed by atoms with Gasteiger partial charge in [0, 0.05) is 32.0 Å². The standard InChI is InChI=1S/C55H40S/c1-55(2)48-21-11-9-20-45(48)52-43-29-30-44-38-15-10-12-22-49(38)56-54(44)47(43)32-46(53(52)55)34-24-26-35(27-25-34)50-39-16-5-7-18-41(39)51(42-19-8-6-17-40(42)50)37-28-23-33-13-3-4-14-36(33)31-37/h3-5,7,9-32,52-53H,6,8H2,1-2H3. The highest BCUT2D eigenvalue weighted by Crippen LogP contribution is 2.61. The minimum Gasteiger partial charge on any atom is -0.135 e. The summed E-state index contributed by atoms with van der Waals surface area (Å²) >= 11 is 1.95. The van der Waals surface area contributed by atoms with Gasteiger partial charge in [-0.05, 0) is 124 Å². The second-order valence-corrected chi connectivity index (χ2v) is 17.7. The van der Waals surface area contributed by atoms with Crippen molar-refractivity contribution in [3.05, 3.63) is 190 Å². The summed E-state index contributed by atoms with van der Waals surface area (Å²) in [4.78, 5) is 0. The number of benzene rings is 8. The van der Waals surface area contributed by atoms with Crippen LogP contribution in [-0.2, 0) is 5.41 Å². The van der Waals surface area contributed by atoms with Crippen molar-refractivity contribution in [3.8, 4) is 22.3 Å². The molecule has 0 saturated heterocycles. The second kappa shape index (κ2) is 12.0. The van der Waals surface area contributed by atoms with E-state index in [-0.39, 0.29) is 5.41 Å². The van der Waals surface area contributed by atoms with Gasteiger partial charge in [0.05, 0.1) is 0 Å². The molecular weight excluding hydrogens is 693 g/mol. The van der Waals surface area contributed by atoms with Crippen LogP contribution >= 0.6 is 11.3 Å². The van der Waals surface area contributed by atoms with E-state index in [4.69, 9.17) is 0 Å². The van der Waals surface area contributed by atoms with E-state index in [0.717, 1.165) is 12.8 Å². The average Bonchev–Trinajstić information content (AvgIpc) is 3.75. The molecule has 0 fully saturated rings. The first-order valence-electron chi connectivity index (χ1n) is 20.1. The zero-order chi connectivity index (χ0) is 37.1. The lowest BCUT2D eigenvalue weighted by atomic mass is 9.65. The molecule has 12 rings (SSSR count). The minimum atomic E-state index is -0.0166. The molecule has 8 aromatic carbocycles. The highest BCUT2D eigenvalue weighted by Gasteiger charge is 2.50. The summed E-state index contributed by atoms with van der Waals surface area (Å²) in [6.07, 6.45) is 9.69. The van der Waals surface area contributed by atoms with Crippen molar-refractivity contribution in [2.24, 2.45) is 5.92 Å². The van der Waals surface area contributed by atoms with Crippen LogP contribution in [0.2, 0.25) is 0 Å². The van der Waals surface area contributed by atoms with Crippen molar-refractivity contribution < 1.29 is 0 Å². The van der Waals surface area contributed by atoms with Gasteiger partial charge in [-0.1, -0.05) is 166 Å². The van der Waals surface area contributed by atoms with Crippen LogP contribution < -0.4 is 10.4 Å². The van der Waals surface area contributed by atoms with E-state index in [1.54, 1.807) is 0 Å². The van der Waals surface area contributed by atoms with Crippen LogP contribution in [0.3, 0.4) is 0 Å². The maximum atomic E-state index is 2.58. The van der Waals surface area contributed by atoms with Crippen LogP contribution in [0.4, 0.5) is 0 Å². The molecule has 0 aliphatic heterocycles. The normalized spacial score (nSPS) is 17.9. The van der Waals surface area contributed by atoms with Crippen LogP contribution in [-0.4, -0.2) is 0 Å². The van der Waals surface area contributed by atoms with E-state index in [0.29, 0.717) is 11.8 Å². The summed E-state index contributed by atoms with van der Waals surface area (Å²) in [5, 5.41) is 10.7. The molecule has 266 valence electrons. The fraction of sp³-hybridized carbons (Fsp3) is 0.127. The summed E-state index contributed by atoms with van der Waals surface area (Å²) in [6, 6.07) is 57.5. The molecule has 0 bridgehead atoms.